The third-order valence-corrected chi connectivity index (χ3v) is 3.16. The Morgan fingerprint density at radius 2 is 2.27 bits per heavy atom. The van der Waals surface area contributed by atoms with Gasteiger partial charge in [0.05, 0.1) is 5.69 Å². The van der Waals surface area contributed by atoms with Gasteiger partial charge in [0.15, 0.2) is 0 Å². The molecule has 0 fully saturated rings. The van der Waals surface area contributed by atoms with Crippen LogP contribution in [0.25, 0.3) is 0 Å². The van der Waals surface area contributed by atoms with Crippen LogP contribution in [0.3, 0.4) is 0 Å². The van der Waals surface area contributed by atoms with Gasteiger partial charge >= 0.3 is 0 Å². The van der Waals surface area contributed by atoms with E-state index in [1.54, 1.807) is 0 Å². The monoisotopic (exact) mass is 207 g/mol. The van der Waals surface area contributed by atoms with Crippen molar-refractivity contribution >= 4 is 5.95 Å². The number of aromatic nitrogens is 2. The molecule has 0 radical (unpaired) electrons. The largest absolute Gasteiger partial charge is 0.369 e. The van der Waals surface area contributed by atoms with Crippen LogP contribution in [0.2, 0.25) is 0 Å². The van der Waals surface area contributed by atoms with Crippen molar-refractivity contribution in [2.45, 2.75) is 39.0 Å². The summed E-state index contributed by atoms with van der Waals surface area (Å²) in [6, 6.07) is 0. The van der Waals surface area contributed by atoms with E-state index >= 15 is 0 Å². The zero-order valence-electron chi connectivity index (χ0n) is 9.21. The van der Waals surface area contributed by atoms with Gasteiger partial charge in [0.2, 0.25) is 5.95 Å². The minimum Gasteiger partial charge on any atom is -0.369 e. The van der Waals surface area contributed by atoms with Crippen molar-refractivity contribution in [2.75, 3.05) is 5.73 Å². The number of nitrogens with one attached hydrogen (secondary N) is 1. The van der Waals surface area contributed by atoms with Crippen LogP contribution in [-0.4, -0.2) is 9.97 Å². The third kappa shape index (κ3) is 1.76. The molecule has 2 rings (SSSR count). The summed E-state index contributed by atoms with van der Waals surface area (Å²) >= 11 is 0. The van der Waals surface area contributed by atoms with Crippen LogP contribution in [0.15, 0.2) is 4.79 Å². The second-order valence-corrected chi connectivity index (χ2v) is 4.56. The summed E-state index contributed by atoms with van der Waals surface area (Å²) in [5.74, 6) is 1.14. The Kier molecular flexibility index (Phi) is 2.50. The molecule has 4 nitrogen and oxygen atoms in total. The Bertz CT molecular complexity index is 422. The Balaban J connectivity index is 2.55. The fourth-order valence-electron chi connectivity index (χ4n) is 2.37. The zero-order chi connectivity index (χ0) is 11.0. The lowest BCUT2D eigenvalue weighted by molar-refractivity contribution is 0.421. The van der Waals surface area contributed by atoms with Crippen LogP contribution >= 0.6 is 0 Å². The molecule has 1 unspecified atom stereocenters. The van der Waals surface area contributed by atoms with Crippen molar-refractivity contribution < 1.29 is 0 Å². The van der Waals surface area contributed by atoms with Crippen molar-refractivity contribution in [3.05, 3.63) is 21.6 Å². The molecule has 1 aromatic heterocycles. The van der Waals surface area contributed by atoms with Crippen molar-refractivity contribution in [1.29, 1.82) is 0 Å². The maximum absolute atomic E-state index is 11.7. The summed E-state index contributed by atoms with van der Waals surface area (Å²) in [5, 5.41) is 0. The van der Waals surface area contributed by atoms with Gasteiger partial charge in [-0.15, -0.1) is 0 Å². The minimum atomic E-state index is -0.0529. The number of H-pyrrole nitrogens is 1. The topological polar surface area (TPSA) is 71.8 Å². The molecule has 1 atom stereocenters. The number of anilines is 1. The van der Waals surface area contributed by atoms with Gasteiger partial charge in [-0.3, -0.25) is 9.78 Å². The summed E-state index contributed by atoms with van der Waals surface area (Å²) in [6.07, 6.45) is 3.02. The molecule has 82 valence electrons. The molecular weight excluding hydrogens is 190 g/mol. The van der Waals surface area contributed by atoms with Gasteiger partial charge in [-0.25, -0.2) is 4.98 Å². The van der Waals surface area contributed by atoms with E-state index in [9.17, 15) is 4.79 Å². The maximum Gasteiger partial charge on any atom is 0.255 e. The lowest BCUT2D eigenvalue weighted by Gasteiger charge is -2.26. The molecule has 1 aromatic rings. The van der Waals surface area contributed by atoms with Crippen molar-refractivity contribution in [3.8, 4) is 0 Å². The second kappa shape index (κ2) is 3.68. The molecule has 4 heteroatoms. The SMILES string of the molecule is CC(C)C1CCCc2c1nc(N)[nH]c2=O. The number of nitrogens with zero attached hydrogens (tertiary/aromatic N) is 1. The molecule has 0 saturated heterocycles. The van der Waals surface area contributed by atoms with Gasteiger partial charge in [-0.2, -0.15) is 0 Å². The summed E-state index contributed by atoms with van der Waals surface area (Å²) in [5.41, 5.74) is 7.30. The highest BCUT2D eigenvalue weighted by molar-refractivity contribution is 5.30. The van der Waals surface area contributed by atoms with Crippen LogP contribution < -0.4 is 11.3 Å². The summed E-state index contributed by atoms with van der Waals surface area (Å²) in [4.78, 5) is 18.5. The Hall–Kier alpha value is -1.32. The lowest BCUT2D eigenvalue weighted by atomic mass is 9.80. The number of fused-ring (bicyclic) bond motifs is 1. The summed E-state index contributed by atoms with van der Waals surface area (Å²) < 4.78 is 0. The van der Waals surface area contributed by atoms with E-state index in [0.717, 1.165) is 30.5 Å². The van der Waals surface area contributed by atoms with E-state index in [0.29, 0.717) is 11.8 Å². The van der Waals surface area contributed by atoms with Crippen molar-refractivity contribution in [1.82, 2.24) is 9.97 Å². The first-order chi connectivity index (χ1) is 7.09. The first kappa shape index (κ1) is 10.2. The van der Waals surface area contributed by atoms with Crippen LogP contribution in [0.4, 0.5) is 5.95 Å². The van der Waals surface area contributed by atoms with Gasteiger partial charge in [0, 0.05) is 11.5 Å². The average molecular weight is 207 g/mol. The van der Waals surface area contributed by atoms with E-state index in [1.807, 2.05) is 0 Å². The van der Waals surface area contributed by atoms with Crippen LogP contribution in [0.5, 0.6) is 0 Å². The number of hydrogen-bond donors (Lipinski definition) is 2. The second-order valence-electron chi connectivity index (χ2n) is 4.56. The number of hydrogen-bond acceptors (Lipinski definition) is 3. The highest BCUT2D eigenvalue weighted by Gasteiger charge is 2.26. The molecule has 0 amide bonds. The Morgan fingerprint density at radius 1 is 1.53 bits per heavy atom. The standard InChI is InChI=1S/C11H17N3O/c1-6(2)7-4-3-5-8-9(7)13-11(12)14-10(8)15/h6-7H,3-5H2,1-2H3,(H3,12,13,14,15). The molecule has 3 N–H and O–H groups in total. The minimum absolute atomic E-state index is 0.0529. The van der Waals surface area contributed by atoms with Crippen LogP contribution in [-0.2, 0) is 6.42 Å². The normalized spacial score (nSPS) is 20.3. The van der Waals surface area contributed by atoms with Gasteiger partial charge in [0.25, 0.3) is 5.56 Å². The Morgan fingerprint density at radius 3 is 2.93 bits per heavy atom. The molecule has 0 spiro atoms. The zero-order valence-corrected chi connectivity index (χ0v) is 9.21. The van der Waals surface area contributed by atoms with Crippen LogP contribution in [0, 0.1) is 5.92 Å². The molecule has 0 bridgehead atoms. The number of rotatable bonds is 1. The highest BCUT2D eigenvalue weighted by Crippen LogP contribution is 2.33. The lowest BCUT2D eigenvalue weighted by Crippen LogP contribution is -2.26. The molecule has 1 aliphatic carbocycles. The molecule has 1 heterocycles. The molecule has 0 aliphatic heterocycles. The fourth-order valence-corrected chi connectivity index (χ4v) is 2.37. The van der Waals surface area contributed by atoms with Gasteiger partial charge < -0.3 is 5.73 Å². The molecule has 15 heavy (non-hydrogen) atoms. The summed E-state index contributed by atoms with van der Waals surface area (Å²) in [7, 11) is 0. The van der Waals surface area contributed by atoms with Gasteiger partial charge in [-0.05, 0) is 25.2 Å². The molecular formula is C11H17N3O. The van der Waals surface area contributed by atoms with Crippen molar-refractivity contribution in [2.24, 2.45) is 5.92 Å². The smallest absolute Gasteiger partial charge is 0.255 e. The first-order valence-corrected chi connectivity index (χ1v) is 5.48. The molecule has 0 aromatic carbocycles. The van der Waals surface area contributed by atoms with E-state index in [4.69, 9.17) is 5.73 Å². The van der Waals surface area contributed by atoms with Gasteiger partial charge in [0.1, 0.15) is 0 Å². The van der Waals surface area contributed by atoms with Crippen molar-refractivity contribution in [3.63, 3.8) is 0 Å². The predicted molar refractivity (Wildman–Crippen MR) is 59.8 cm³/mol. The fraction of sp³-hybridized carbons (Fsp3) is 0.636. The quantitative estimate of drug-likeness (QED) is 0.731. The third-order valence-electron chi connectivity index (χ3n) is 3.16. The van der Waals surface area contributed by atoms with E-state index in [1.165, 1.54) is 0 Å². The number of nitrogens with two attached hydrogens (primary N) is 1. The first-order valence-electron chi connectivity index (χ1n) is 5.48. The number of nitrogen functional groups attached to an aromatic ring is 1. The van der Waals surface area contributed by atoms with E-state index in [2.05, 4.69) is 23.8 Å². The van der Waals surface area contributed by atoms with Crippen LogP contribution in [0.1, 0.15) is 43.9 Å². The number of aromatic amines is 1. The predicted octanol–water partition coefficient (Wildman–Crippen LogP) is 1.43. The summed E-state index contributed by atoms with van der Waals surface area (Å²) in [6.45, 7) is 4.33. The van der Waals surface area contributed by atoms with E-state index < -0.39 is 0 Å². The van der Waals surface area contributed by atoms with E-state index in [-0.39, 0.29) is 11.5 Å². The molecule has 1 aliphatic rings. The average Bonchev–Trinajstić information content (AvgIpc) is 2.16. The molecule has 0 saturated carbocycles. The Labute approximate surface area is 88.9 Å². The maximum atomic E-state index is 11.7. The van der Waals surface area contributed by atoms with Gasteiger partial charge in [-0.1, -0.05) is 13.8 Å². The highest BCUT2D eigenvalue weighted by atomic mass is 16.1.